The normalized spacial score (nSPS) is 19.6. The number of ether oxygens (including phenoxy) is 1. The molecular formula is C15H21N3O. The monoisotopic (exact) mass is 259 g/mol. The lowest BCUT2D eigenvalue weighted by atomic mass is 10.2. The maximum atomic E-state index is 8.74. The fraction of sp³-hybridized carbons (Fsp3) is 0.533. The Morgan fingerprint density at radius 2 is 2.37 bits per heavy atom. The van der Waals surface area contributed by atoms with E-state index in [2.05, 4.69) is 28.0 Å². The summed E-state index contributed by atoms with van der Waals surface area (Å²) in [6, 6.07) is 10.9. The van der Waals surface area contributed by atoms with Crippen LogP contribution in [0.4, 0.5) is 0 Å². The lowest BCUT2D eigenvalue weighted by Gasteiger charge is -2.22. The van der Waals surface area contributed by atoms with Crippen molar-refractivity contribution in [2.75, 3.05) is 33.8 Å². The highest BCUT2D eigenvalue weighted by atomic mass is 16.5. The first-order chi connectivity index (χ1) is 9.22. The lowest BCUT2D eigenvalue weighted by molar-refractivity contribution is 0.249. The average Bonchev–Trinajstić information content (AvgIpc) is 2.88. The second-order valence-corrected chi connectivity index (χ2v) is 5.10. The summed E-state index contributed by atoms with van der Waals surface area (Å²) in [5, 5.41) is 8.74. The van der Waals surface area contributed by atoms with Gasteiger partial charge in [0.25, 0.3) is 0 Å². The van der Waals surface area contributed by atoms with E-state index in [0.717, 1.165) is 31.8 Å². The van der Waals surface area contributed by atoms with E-state index in [9.17, 15) is 0 Å². The van der Waals surface area contributed by atoms with Gasteiger partial charge in [0.2, 0.25) is 0 Å². The minimum atomic E-state index is 0.505. The number of methoxy groups -OCH3 is 1. The van der Waals surface area contributed by atoms with E-state index in [-0.39, 0.29) is 0 Å². The Morgan fingerprint density at radius 3 is 3.11 bits per heavy atom. The van der Waals surface area contributed by atoms with Crippen LogP contribution in [0.25, 0.3) is 0 Å². The predicted molar refractivity (Wildman–Crippen MR) is 74.9 cm³/mol. The summed E-state index contributed by atoms with van der Waals surface area (Å²) in [5.41, 5.74) is 1.28. The minimum Gasteiger partial charge on any atom is -0.497 e. The summed E-state index contributed by atoms with van der Waals surface area (Å²) in [5.74, 6) is 0.912. The molecule has 1 aromatic carbocycles. The van der Waals surface area contributed by atoms with Crippen LogP contribution in [0.2, 0.25) is 0 Å². The first-order valence-corrected chi connectivity index (χ1v) is 6.65. The van der Waals surface area contributed by atoms with Crippen molar-refractivity contribution in [1.29, 1.82) is 5.26 Å². The van der Waals surface area contributed by atoms with Gasteiger partial charge in [-0.3, -0.25) is 9.80 Å². The van der Waals surface area contributed by atoms with E-state index in [4.69, 9.17) is 10.00 Å². The van der Waals surface area contributed by atoms with Gasteiger partial charge in [-0.25, -0.2) is 0 Å². The van der Waals surface area contributed by atoms with Crippen molar-refractivity contribution in [2.24, 2.45) is 0 Å². The van der Waals surface area contributed by atoms with Crippen LogP contribution in [0.5, 0.6) is 5.75 Å². The van der Waals surface area contributed by atoms with Gasteiger partial charge in [0.15, 0.2) is 0 Å². The van der Waals surface area contributed by atoms with Gasteiger partial charge in [-0.15, -0.1) is 0 Å². The molecular weight excluding hydrogens is 238 g/mol. The van der Waals surface area contributed by atoms with E-state index in [1.807, 2.05) is 19.2 Å². The van der Waals surface area contributed by atoms with Crippen LogP contribution in [0.3, 0.4) is 0 Å². The molecule has 1 fully saturated rings. The van der Waals surface area contributed by atoms with E-state index in [1.54, 1.807) is 7.11 Å². The van der Waals surface area contributed by atoms with E-state index < -0.39 is 0 Å². The minimum absolute atomic E-state index is 0.505. The third kappa shape index (κ3) is 3.69. The Hall–Kier alpha value is -1.57. The largest absolute Gasteiger partial charge is 0.497 e. The van der Waals surface area contributed by atoms with Gasteiger partial charge < -0.3 is 4.74 Å². The molecule has 0 spiro atoms. The topological polar surface area (TPSA) is 39.5 Å². The fourth-order valence-corrected chi connectivity index (χ4v) is 2.59. The highest BCUT2D eigenvalue weighted by Crippen LogP contribution is 2.19. The molecule has 0 saturated carbocycles. The zero-order chi connectivity index (χ0) is 13.7. The highest BCUT2D eigenvalue weighted by molar-refractivity contribution is 5.28. The van der Waals surface area contributed by atoms with Crippen LogP contribution < -0.4 is 4.74 Å². The van der Waals surface area contributed by atoms with Crippen molar-refractivity contribution in [3.05, 3.63) is 29.8 Å². The molecule has 1 unspecified atom stereocenters. The maximum Gasteiger partial charge on any atom is 0.119 e. The molecule has 2 rings (SSSR count). The van der Waals surface area contributed by atoms with Gasteiger partial charge in [0.1, 0.15) is 5.75 Å². The number of likely N-dealkylation sites (N-methyl/N-ethyl adjacent to an activating group) is 1. The first-order valence-electron chi connectivity index (χ1n) is 6.65. The summed E-state index contributed by atoms with van der Waals surface area (Å²) in [6.07, 6.45) is 1.14. The van der Waals surface area contributed by atoms with Crippen LogP contribution in [0.1, 0.15) is 12.0 Å². The molecule has 1 heterocycles. The second kappa shape index (κ2) is 6.55. The highest BCUT2D eigenvalue weighted by Gasteiger charge is 2.25. The smallest absolute Gasteiger partial charge is 0.119 e. The molecule has 0 radical (unpaired) electrons. The van der Waals surface area contributed by atoms with E-state index in [0.29, 0.717) is 12.6 Å². The molecule has 4 heteroatoms. The van der Waals surface area contributed by atoms with Gasteiger partial charge in [-0.1, -0.05) is 12.1 Å². The molecule has 0 aliphatic carbocycles. The molecule has 1 aliphatic rings. The Bertz CT molecular complexity index is 455. The molecule has 0 N–H and O–H groups in total. The summed E-state index contributed by atoms with van der Waals surface area (Å²) >= 11 is 0. The Morgan fingerprint density at radius 1 is 1.53 bits per heavy atom. The van der Waals surface area contributed by atoms with Crippen LogP contribution in [0.15, 0.2) is 24.3 Å². The molecule has 0 bridgehead atoms. The van der Waals surface area contributed by atoms with E-state index in [1.165, 1.54) is 5.56 Å². The van der Waals surface area contributed by atoms with Crippen LogP contribution in [-0.4, -0.2) is 49.6 Å². The number of nitrogens with zero attached hydrogens (tertiary/aromatic N) is 3. The standard InChI is InChI=1S/C15H21N3O/c1-17(9-7-16)14-6-8-18(12-14)11-13-4-3-5-15(10-13)19-2/h3-5,10,14H,6,8-9,11-12H2,1-2H3. The van der Waals surface area contributed by atoms with Gasteiger partial charge in [-0.2, -0.15) is 5.26 Å². The predicted octanol–water partition coefficient (Wildman–Crippen LogP) is 1.72. The molecule has 1 saturated heterocycles. The molecule has 102 valence electrons. The first kappa shape index (κ1) is 13.9. The average molecular weight is 259 g/mol. The number of nitriles is 1. The van der Waals surface area contributed by atoms with Gasteiger partial charge >= 0.3 is 0 Å². The van der Waals surface area contributed by atoms with Crippen molar-refractivity contribution in [1.82, 2.24) is 9.80 Å². The number of hydrogen-bond donors (Lipinski definition) is 0. The molecule has 19 heavy (non-hydrogen) atoms. The molecule has 0 amide bonds. The quantitative estimate of drug-likeness (QED) is 0.755. The summed E-state index contributed by atoms with van der Waals surface area (Å²) in [7, 11) is 3.73. The Labute approximate surface area is 115 Å². The van der Waals surface area contributed by atoms with Crippen LogP contribution in [0, 0.1) is 11.3 Å². The summed E-state index contributed by atoms with van der Waals surface area (Å²) < 4.78 is 5.25. The second-order valence-electron chi connectivity index (χ2n) is 5.10. The number of benzene rings is 1. The number of likely N-dealkylation sites (tertiary alicyclic amines) is 1. The third-order valence-corrected chi connectivity index (χ3v) is 3.73. The zero-order valence-corrected chi connectivity index (χ0v) is 11.7. The van der Waals surface area contributed by atoms with Crippen LogP contribution in [-0.2, 0) is 6.54 Å². The third-order valence-electron chi connectivity index (χ3n) is 3.73. The van der Waals surface area contributed by atoms with Crippen LogP contribution >= 0.6 is 0 Å². The summed E-state index contributed by atoms with van der Waals surface area (Å²) in [4.78, 5) is 4.58. The van der Waals surface area contributed by atoms with Crippen molar-refractivity contribution >= 4 is 0 Å². The fourth-order valence-electron chi connectivity index (χ4n) is 2.59. The van der Waals surface area contributed by atoms with Crippen molar-refractivity contribution in [3.63, 3.8) is 0 Å². The van der Waals surface area contributed by atoms with Gasteiger partial charge in [-0.05, 0) is 31.2 Å². The molecule has 1 atom stereocenters. The van der Waals surface area contributed by atoms with Crippen molar-refractivity contribution in [3.8, 4) is 11.8 Å². The summed E-state index contributed by atoms with van der Waals surface area (Å²) in [6.45, 7) is 3.60. The SMILES string of the molecule is COc1cccc(CN2CCC(N(C)CC#N)C2)c1. The van der Waals surface area contributed by atoms with Gasteiger partial charge in [0.05, 0.1) is 19.7 Å². The maximum absolute atomic E-state index is 8.74. The number of rotatable bonds is 5. The lowest BCUT2D eigenvalue weighted by Crippen LogP contribution is -2.34. The molecule has 0 aromatic heterocycles. The van der Waals surface area contributed by atoms with Gasteiger partial charge in [0, 0.05) is 25.7 Å². The Kier molecular flexibility index (Phi) is 4.78. The Balaban J connectivity index is 1.89. The van der Waals surface area contributed by atoms with Crippen molar-refractivity contribution < 1.29 is 4.74 Å². The van der Waals surface area contributed by atoms with E-state index >= 15 is 0 Å². The number of hydrogen-bond acceptors (Lipinski definition) is 4. The molecule has 1 aliphatic heterocycles. The zero-order valence-electron chi connectivity index (χ0n) is 11.7. The molecule has 4 nitrogen and oxygen atoms in total. The molecule has 1 aromatic rings. The van der Waals surface area contributed by atoms with Crippen molar-refractivity contribution in [2.45, 2.75) is 19.0 Å².